The molecule has 0 aromatic carbocycles. The highest BCUT2D eigenvalue weighted by atomic mass is 16.4. The van der Waals surface area contributed by atoms with Gasteiger partial charge in [0.05, 0.1) is 11.6 Å². The van der Waals surface area contributed by atoms with E-state index in [2.05, 4.69) is 5.32 Å². The van der Waals surface area contributed by atoms with E-state index in [0.29, 0.717) is 19.3 Å². The summed E-state index contributed by atoms with van der Waals surface area (Å²) in [6.07, 6.45) is 0.804. The first kappa shape index (κ1) is 14.9. The van der Waals surface area contributed by atoms with E-state index < -0.39 is 17.6 Å². The number of carbonyl (C=O) groups excluding carboxylic acids is 1. The minimum absolute atomic E-state index is 0.0904. The molecule has 94 valence electrons. The molecule has 0 aromatic rings. The molecule has 1 amide bonds. The maximum absolute atomic E-state index is 11.4. The van der Waals surface area contributed by atoms with Crippen LogP contribution in [0, 0.1) is 0 Å². The molecule has 0 saturated heterocycles. The van der Waals surface area contributed by atoms with Crippen molar-refractivity contribution in [3.05, 3.63) is 0 Å². The summed E-state index contributed by atoms with van der Waals surface area (Å²) in [5, 5.41) is 20.5. The number of hydrogen-bond donors (Lipinski definition) is 3. The van der Waals surface area contributed by atoms with Crippen LogP contribution in [0.4, 0.5) is 0 Å². The predicted molar refractivity (Wildman–Crippen MR) is 60.0 cm³/mol. The molecule has 0 aliphatic heterocycles. The van der Waals surface area contributed by atoms with Crippen LogP contribution in [0.1, 0.15) is 46.5 Å². The van der Waals surface area contributed by atoms with E-state index in [1.165, 1.54) is 0 Å². The van der Waals surface area contributed by atoms with Gasteiger partial charge in [0.15, 0.2) is 0 Å². The normalized spacial score (nSPS) is 13.2. The molecule has 0 spiro atoms. The lowest BCUT2D eigenvalue weighted by atomic mass is 9.98. The Bertz CT molecular complexity index is 248. The summed E-state index contributed by atoms with van der Waals surface area (Å²) in [5.41, 5.74) is -0.649. The molecule has 5 nitrogen and oxygen atoms in total. The number of unbranched alkanes of at least 4 members (excludes halogenated alkanes) is 1. The second kappa shape index (κ2) is 6.48. The largest absolute Gasteiger partial charge is 0.481 e. The molecule has 0 bridgehead atoms. The third-order valence-electron chi connectivity index (χ3n) is 2.55. The minimum atomic E-state index is -0.843. The van der Waals surface area contributed by atoms with Crippen molar-refractivity contribution < 1.29 is 19.8 Å². The van der Waals surface area contributed by atoms with Gasteiger partial charge in [0.2, 0.25) is 5.91 Å². The summed E-state index contributed by atoms with van der Waals surface area (Å²) < 4.78 is 0. The standard InChI is InChI=1S/C11H21NO4/c1-8(13)11(2,3)12-9(14)6-4-5-7-10(15)16/h8,13H,4-7H2,1-3H3,(H,12,14)(H,15,16). The van der Waals surface area contributed by atoms with Gasteiger partial charge >= 0.3 is 5.97 Å². The molecule has 0 rings (SSSR count). The number of hydrogen-bond acceptors (Lipinski definition) is 3. The lowest BCUT2D eigenvalue weighted by molar-refractivity contribution is -0.137. The number of aliphatic carboxylic acids is 1. The van der Waals surface area contributed by atoms with Crippen molar-refractivity contribution in [2.75, 3.05) is 0 Å². The van der Waals surface area contributed by atoms with E-state index in [1.807, 2.05) is 0 Å². The van der Waals surface area contributed by atoms with Crippen molar-refractivity contribution in [3.8, 4) is 0 Å². The minimum Gasteiger partial charge on any atom is -0.481 e. The molecule has 3 N–H and O–H groups in total. The molecule has 0 aliphatic rings. The summed E-state index contributed by atoms with van der Waals surface area (Å²) >= 11 is 0. The molecule has 16 heavy (non-hydrogen) atoms. The highest BCUT2D eigenvalue weighted by Gasteiger charge is 2.25. The van der Waals surface area contributed by atoms with E-state index in [0.717, 1.165) is 0 Å². The lowest BCUT2D eigenvalue weighted by Gasteiger charge is -2.29. The zero-order chi connectivity index (χ0) is 12.8. The maximum atomic E-state index is 11.4. The third kappa shape index (κ3) is 6.40. The highest BCUT2D eigenvalue weighted by molar-refractivity contribution is 5.76. The molecule has 0 aromatic heterocycles. The summed E-state index contributed by atoms with van der Waals surface area (Å²) in [7, 11) is 0. The highest BCUT2D eigenvalue weighted by Crippen LogP contribution is 2.09. The van der Waals surface area contributed by atoms with Gasteiger partial charge in [0.1, 0.15) is 0 Å². The van der Waals surface area contributed by atoms with Gasteiger partial charge in [-0.1, -0.05) is 0 Å². The third-order valence-corrected chi connectivity index (χ3v) is 2.55. The Morgan fingerprint density at radius 2 is 1.75 bits per heavy atom. The second-order valence-corrected chi connectivity index (χ2v) is 4.55. The fraction of sp³-hybridized carbons (Fsp3) is 0.818. The van der Waals surface area contributed by atoms with Gasteiger partial charge in [-0.3, -0.25) is 9.59 Å². The quantitative estimate of drug-likeness (QED) is 0.568. The Balaban J connectivity index is 3.79. The van der Waals surface area contributed by atoms with Gasteiger partial charge in [0.25, 0.3) is 0 Å². The number of aliphatic hydroxyl groups is 1. The number of amides is 1. The van der Waals surface area contributed by atoms with Crippen LogP contribution in [0.2, 0.25) is 0 Å². The van der Waals surface area contributed by atoms with Crippen LogP contribution in [0.3, 0.4) is 0 Å². The molecule has 0 heterocycles. The molecule has 0 aliphatic carbocycles. The fourth-order valence-corrected chi connectivity index (χ4v) is 1.09. The van der Waals surface area contributed by atoms with Crippen LogP contribution < -0.4 is 5.32 Å². The van der Waals surface area contributed by atoms with Gasteiger partial charge < -0.3 is 15.5 Å². The van der Waals surface area contributed by atoms with Crippen LogP contribution in [0.15, 0.2) is 0 Å². The van der Waals surface area contributed by atoms with Crippen LogP contribution in [0.25, 0.3) is 0 Å². The van der Waals surface area contributed by atoms with E-state index in [9.17, 15) is 14.7 Å². The molecule has 1 unspecified atom stereocenters. The Morgan fingerprint density at radius 1 is 1.25 bits per heavy atom. The summed E-state index contributed by atoms with van der Waals surface area (Å²) in [4.78, 5) is 21.7. The number of nitrogens with one attached hydrogen (secondary N) is 1. The smallest absolute Gasteiger partial charge is 0.303 e. The van der Waals surface area contributed by atoms with E-state index in [-0.39, 0.29) is 12.3 Å². The van der Waals surface area contributed by atoms with Crippen LogP contribution in [-0.4, -0.2) is 33.7 Å². The Morgan fingerprint density at radius 3 is 2.19 bits per heavy atom. The van der Waals surface area contributed by atoms with Crippen molar-refractivity contribution in [1.82, 2.24) is 5.32 Å². The predicted octanol–water partition coefficient (Wildman–Crippen LogP) is 0.907. The maximum Gasteiger partial charge on any atom is 0.303 e. The first-order chi connectivity index (χ1) is 7.25. The van der Waals surface area contributed by atoms with Gasteiger partial charge in [-0.2, -0.15) is 0 Å². The Hall–Kier alpha value is -1.10. The zero-order valence-electron chi connectivity index (χ0n) is 10.1. The molecule has 1 atom stereocenters. The van der Waals surface area contributed by atoms with E-state index in [4.69, 9.17) is 5.11 Å². The number of aliphatic hydroxyl groups excluding tert-OH is 1. The topological polar surface area (TPSA) is 86.6 Å². The number of carbonyl (C=O) groups is 2. The Kier molecular flexibility index (Phi) is 6.03. The summed E-state index contributed by atoms with van der Waals surface area (Å²) in [5.74, 6) is -0.999. The van der Waals surface area contributed by atoms with Gasteiger partial charge in [-0.05, 0) is 33.6 Å². The number of rotatable bonds is 7. The molecule has 0 radical (unpaired) electrons. The molecule has 0 fully saturated rings. The molecular formula is C11H21NO4. The number of carboxylic acid groups (broad SMARTS) is 1. The zero-order valence-corrected chi connectivity index (χ0v) is 10.1. The fourth-order valence-electron chi connectivity index (χ4n) is 1.09. The second-order valence-electron chi connectivity index (χ2n) is 4.55. The van der Waals surface area contributed by atoms with Crippen molar-refractivity contribution in [3.63, 3.8) is 0 Å². The van der Waals surface area contributed by atoms with Gasteiger partial charge in [-0.15, -0.1) is 0 Å². The van der Waals surface area contributed by atoms with Crippen molar-refractivity contribution in [2.45, 2.75) is 58.1 Å². The van der Waals surface area contributed by atoms with Crippen molar-refractivity contribution in [2.24, 2.45) is 0 Å². The monoisotopic (exact) mass is 231 g/mol. The average molecular weight is 231 g/mol. The summed E-state index contributed by atoms with van der Waals surface area (Å²) in [6, 6.07) is 0. The van der Waals surface area contributed by atoms with Gasteiger partial charge in [0, 0.05) is 12.8 Å². The SMILES string of the molecule is CC(O)C(C)(C)NC(=O)CCCCC(=O)O. The molecular weight excluding hydrogens is 210 g/mol. The first-order valence-corrected chi connectivity index (χ1v) is 5.46. The lowest BCUT2D eigenvalue weighted by Crippen LogP contribution is -2.50. The molecule has 0 saturated carbocycles. The van der Waals surface area contributed by atoms with Crippen LogP contribution in [-0.2, 0) is 9.59 Å². The summed E-state index contributed by atoms with van der Waals surface area (Å²) in [6.45, 7) is 5.10. The van der Waals surface area contributed by atoms with E-state index in [1.54, 1.807) is 20.8 Å². The van der Waals surface area contributed by atoms with Crippen molar-refractivity contribution in [1.29, 1.82) is 0 Å². The Labute approximate surface area is 95.9 Å². The van der Waals surface area contributed by atoms with Crippen LogP contribution >= 0.6 is 0 Å². The molecule has 5 heteroatoms. The van der Waals surface area contributed by atoms with Crippen LogP contribution in [0.5, 0.6) is 0 Å². The average Bonchev–Trinajstić information content (AvgIpc) is 2.11. The number of carboxylic acids is 1. The first-order valence-electron chi connectivity index (χ1n) is 5.46. The van der Waals surface area contributed by atoms with E-state index >= 15 is 0 Å². The van der Waals surface area contributed by atoms with Gasteiger partial charge in [-0.25, -0.2) is 0 Å². The van der Waals surface area contributed by atoms with Crippen molar-refractivity contribution >= 4 is 11.9 Å².